The molecule has 0 saturated heterocycles. The highest BCUT2D eigenvalue weighted by Gasteiger charge is 2.38. The van der Waals surface area contributed by atoms with E-state index in [-0.39, 0.29) is 46.4 Å². The first kappa shape index (κ1) is 35.5. The predicted octanol–water partition coefficient (Wildman–Crippen LogP) is 7.53. The van der Waals surface area contributed by atoms with Crippen molar-refractivity contribution in [3.63, 3.8) is 0 Å². The van der Waals surface area contributed by atoms with Gasteiger partial charge in [-0.15, -0.1) is 0 Å². The lowest BCUT2D eigenvalue weighted by atomic mass is 10.1. The number of rotatable bonds is 11. The molecule has 1 aliphatic rings. The summed E-state index contributed by atoms with van der Waals surface area (Å²) < 4.78 is 16.3. The van der Waals surface area contributed by atoms with Gasteiger partial charge in [0.2, 0.25) is 5.91 Å². The molecule has 10 nitrogen and oxygen atoms in total. The van der Waals surface area contributed by atoms with Gasteiger partial charge >= 0.3 is 17.9 Å². The molecular weight excluding hydrogens is 588 g/mol. The average Bonchev–Trinajstić information content (AvgIpc) is 3.04. The standard InChI is InChI=1S/C36H42N2O8/c1-22(2)12-9-13-23(3)14-10-15-24(4)18-19-37-31-20-29(44-26(6)40)21-33(46-28(8)42)35(31)38(25(5)39)34-30(36(37)43)16-11-17-32(34)45-27(7)41/h11-12,14,16-18,20-21H,9-10,13,15,19H2,1-8H3/b23-14+,24-18+. The van der Waals surface area contributed by atoms with Crippen LogP contribution in [0.15, 0.2) is 65.3 Å². The van der Waals surface area contributed by atoms with Crippen LogP contribution in [0.5, 0.6) is 17.2 Å². The highest BCUT2D eigenvalue weighted by molar-refractivity contribution is 6.20. The molecule has 0 radical (unpaired) electrons. The fourth-order valence-corrected chi connectivity index (χ4v) is 5.07. The Bertz CT molecular complexity index is 1630. The Morgan fingerprint density at radius 1 is 0.696 bits per heavy atom. The van der Waals surface area contributed by atoms with Crippen LogP contribution >= 0.6 is 0 Å². The van der Waals surface area contributed by atoms with Gasteiger partial charge in [-0.2, -0.15) is 0 Å². The first-order valence-electron chi connectivity index (χ1n) is 15.1. The van der Waals surface area contributed by atoms with E-state index in [2.05, 4.69) is 32.9 Å². The number of allylic oxidation sites excluding steroid dienone is 5. The van der Waals surface area contributed by atoms with Crippen molar-refractivity contribution in [3.8, 4) is 17.2 Å². The Kier molecular flexibility index (Phi) is 12.2. The second-order valence-electron chi connectivity index (χ2n) is 11.5. The molecule has 2 aromatic rings. The van der Waals surface area contributed by atoms with E-state index in [9.17, 15) is 24.0 Å². The van der Waals surface area contributed by atoms with Gasteiger partial charge in [0.1, 0.15) is 17.1 Å². The van der Waals surface area contributed by atoms with Gasteiger partial charge < -0.3 is 19.1 Å². The molecule has 1 heterocycles. The maximum Gasteiger partial charge on any atom is 0.308 e. The predicted molar refractivity (Wildman–Crippen MR) is 177 cm³/mol. The lowest BCUT2D eigenvalue weighted by Crippen LogP contribution is -2.31. The SMILES string of the molecule is CC(=O)Oc1cc(OC(C)=O)c2c(c1)N(C/C=C(\C)CC/C=C(\C)CCC=C(C)C)C(=O)c1cccc(OC(C)=O)c1N2C(C)=O. The number of nitrogens with zero attached hydrogens (tertiary/aromatic N) is 2. The maximum atomic E-state index is 14.3. The third-order valence-electron chi connectivity index (χ3n) is 7.07. The van der Waals surface area contributed by atoms with E-state index in [0.717, 1.165) is 31.3 Å². The lowest BCUT2D eigenvalue weighted by Gasteiger charge is -2.28. The van der Waals surface area contributed by atoms with Crippen LogP contribution in [0.1, 0.15) is 91.4 Å². The quantitative estimate of drug-likeness (QED) is 0.142. The lowest BCUT2D eigenvalue weighted by molar-refractivity contribution is -0.132. The van der Waals surface area contributed by atoms with Gasteiger partial charge in [-0.3, -0.25) is 28.9 Å². The minimum absolute atomic E-state index is 0.00407. The molecule has 0 atom stereocenters. The van der Waals surface area contributed by atoms with Gasteiger partial charge in [-0.25, -0.2) is 0 Å². The zero-order valence-electron chi connectivity index (χ0n) is 27.8. The molecule has 0 saturated carbocycles. The van der Waals surface area contributed by atoms with Crippen molar-refractivity contribution in [2.24, 2.45) is 0 Å². The normalized spacial score (nSPS) is 12.9. The smallest absolute Gasteiger partial charge is 0.308 e. The molecule has 0 aliphatic carbocycles. The summed E-state index contributed by atoms with van der Waals surface area (Å²) in [6.45, 7) is 13.2. The first-order chi connectivity index (χ1) is 21.7. The first-order valence-corrected chi connectivity index (χ1v) is 15.1. The number of carbonyl (C=O) groups excluding carboxylic acids is 5. The Hall–Kier alpha value is -4.99. The monoisotopic (exact) mass is 630 g/mol. The van der Waals surface area contributed by atoms with E-state index in [1.807, 2.05) is 13.0 Å². The molecule has 2 amide bonds. The van der Waals surface area contributed by atoms with Gasteiger partial charge in [-0.05, 0) is 65.5 Å². The van der Waals surface area contributed by atoms with Crippen LogP contribution in [0.25, 0.3) is 0 Å². The summed E-state index contributed by atoms with van der Waals surface area (Å²) in [4.78, 5) is 66.5. The largest absolute Gasteiger partial charge is 0.427 e. The third-order valence-corrected chi connectivity index (χ3v) is 7.07. The summed E-state index contributed by atoms with van der Waals surface area (Å²) in [6.07, 6.45) is 9.93. The van der Waals surface area contributed by atoms with E-state index >= 15 is 0 Å². The van der Waals surface area contributed by atoms with Crippen LogP contribution in [0.4, 0.5) is 17.1 Å². The molecule has 0 N–H and O–H groups in total. The molecule has 244 valence electrons. The number of esters is 3. The number of anilines is 3. The fraction of sp³-hybridized carbons (Fsp3) is 0.361. The molecular formula is C36H42N2O8. The summed E-state index contributed by atoms with van der Waals surface area (Å²) >= 11 is 0. The third kappa shape index (κ3) is 9.26. The van der Waals surface area contributed by atoms with Crippen LogP contribution < -0.4 is 24.0 Å². The number of fused-ring (bicyclic) bond motifs is 2. The number of amides is 2. The van der Waals surface area contributed by atoms with E-state index < -0.39 is 29.7 Å². The molecule has 0 bridgehead atoms. The molecule has 46 heavy (non-hydrogen) atoms. The summed E-state index contributed by atoms with van der Waals surface area (Å²) in [6, 6.07) is 7.28. The Labute approximate surface area is 270 Å². The summed E-state index contributed by atoms with van der Waals surface area (Å²) in [7, 11) is 0. The highest BCUT2D eigenvalue weighted by atomic mass is 16.5. The molecule has 10 heteroatoms. The molecule has 0 spiro atoms. The molecule has 0 aromatic heterocycles. The molecule has 2 aromatic carbocycles. The van der Waals surface area contributed by atoms with Gasteiger partial charge in [0.25, 0.3) is 5.91 Å². The van der Waals surface area contributed by atoms with Crippen LogP contribution in [0.2, 0.25) is 0 Å². The Morgan fingerprint density at radius 2 is 1.28 bits per heavy atom. The van der Waals surface area contributed by atoms with Crippen LogP contribution in [-0.4, -0.2) is 36.3 Å². The van der Waals surface area contributed by atoms with Gasteiger partial charge in [0.15, 0.2) is 11.5 Å². The van der Waals surface area contributed by atoms with E-state index in [4.69, 9.17) is 14.2 Å². The van der Waals surface area contributed by atoms with Crippen molar-refractivity contribution in [1.29, 1.82) is 0 Å². The highest BCUT2D eigenvalue weighted by Crippen LogP contribution is 2.51. The molecule has 3 rings (SSSR count). The van der Waals surface area contributed by atoms with Gasteiger partial charge in [0, 0.05) is 46.4 Å². The number of carbonyl (C=O) groups is 5. The van der Waals surface area contributed by atoms with Crippen LogP contribution in [0, 0.1) is 0 Å². The van der Waals surface area contributed by atoms with Crippen molar-refractivity contribution < 1.29 is 38.2 Å². The van der Waals surface area contributed by atoms with Crippen molar-refractivity contribution in [1.82, 2.24) is 0 Å². The molecule has 0 fully saturated rings. The second kappa shape index (κ2) is 15.8. The summed E-state index contributed by atoms with van der Waals surface area (Å²) in [5, 5.41) is 0. The van der Waals surface area contributed by atoms with Crippen molar-refractivity contribution in [2.75, 3.05) is 16.3 Å². The fourth-order valence-electron chi connectivity index (χ4n) is 5.07. The van der Waals surface area contributed by atoms with E-state index in [1.165, 1.54) is 72.9 Å². The zero-order chi connectivity index (χ0) is 34.1. The average molecular weight is 631 g/mol. The number of para-hydroxylation sites is 1. The van der Waals surface area contributed by atoms with Crippen LogP contribution in [-0.2, 0) is 19.2 Å². The number of ether oxygens (including phenoxy) is 3. The molecule has 0 unspecified atom stereocenters. The van der Waals surface area contributed by atoms with Crippen molar-refractivity contribution in [3.05, 3.63) is 70.8 Å². The molecule has 1 aliphatic heterocycles. The minimum Gasteiger partial charge on any atom is -0.427 e. The van der Waals surface area contributed by atoms with E-state index in [0.29, 0.717) is 0 Å². The maximum absolute atomic E-state index is 14.3. The minimum atomic E-state index is -0.707. The second-order valence-corrected chi connectivity index (χ2v) is 11.5. The Morgan fingerprint density at radius 3 is 1.87 bits per heavy atom. The van der Waals surface area contributed by atoms with Gasteiger partial charge in [-0.1, -0.05) is 41.0 Å². The number of benzene rings is 2. The van der Waals surface area contributed by atoms with Gasteiger partial charge in [0.05, 0.1) is 11.3 Å². The zero-order valence-corrected chi connectivity index (χ0v) is 27.8. The Balaban J connectivity index is 2.17. The van der Waals surface area contributed by atoms with Crippen LogP contribution in [0.3, 0.4) is 0 Å². The number of hydrogen-bond acceptors (Lipinski definition) is 8. The van der Waals surface area contributed by atoms with E-state index in [1.54, 1.807) is 6.07 Å². The van der Waals surface area contributed by atoms with Crippen molar-refractivity contribution in [2.45, 2.75) is 81.1 Å². The summed E-state index contributed by atoms with van der Waals surface area (Å²) in [5.74, 6) is -3.22. The summed E-state index contributed by atoms with van der Waals surface area (Å²) in [5.41, 5.74) is 3.93. The number of hydrogen-bond donors (Lipinski definition) is 0. The topological polar surface area (TPSA) is 120 Å². The van der Waals surface area contributed by atoms with Crippen molar-refractivity contribution >= 4 is 46.8 Å².